The summed E-state index contributed by atoms with van der Waals surface area (Å²) in [5.41, 5.74) is 7.54. The Labute approximate surface area is 93.5 Å². The van der Waals surface area contributed by atoms with Gasteiger partial charge in [0.1, 0.15) is 0 Å². The van der Waals surface area contributed by atoms with Crippen molar-refractivity contribution in [2.75, 3.05) is 0 Å². The third-order valence-electron chi connectivity index (χ3n) is 2.39. The van der Waals surface area contributed by atoms with Crippen molar-refractivity contribution in [1.29, 1.82) is 0 Å². The summed E-state index contributed by atoms with van der Waals surface area (Å²) >= 11 is 0. The number of Topliss-reactive ketones (excluding diaryl/α,β-unsaturated/α-hetero) is 2. The lowest BCUT2D eigenvalue weighted by Crippen LogP contribution is -2.34. The fourth-order valence-corrected chi connectivity index (χ4v) is 1.28. The van der Waals surface area contributed by atoms with E-state index in [4.69, 9.17) is 5.53 Å². The van der Waals surface area contributed by atoms with E-state index in [0.717, 1.165) is 6.21 Å². The predicted octanol–water partition coefficient (Wildman–Crippen LogP) is 1.77. The van der Waals surface area contributed by atoms with E-state index in [2.05, 4.69) is 4.79 Å². The minimum absolute atomic E-state index is 0.294. The van der Waals surface area contributed by atoms with Crippen molar-refractivity contribution in [1.82, 2.24) is 0 Å². The van der Waals surface area contributed by atoms with Crippen molar-refractivity contribution >= 4 is 17.8 Å². The fourth-order valence-electron chi connectivity index (χ4n) is 1.28. The van der Waals surface area contributed by atoms with Gasteiger partial charge in [-0.2, -0.15) is 4.79 Å². The molecule has 1 aromatic carbocycles. The van der Waals surface area contributed by atoms with Crippen LogP contribution in [-0.4, -0.2) is 22.6 Å². The van der Waals surface area contributed by atoms with Gasteiger partial charge in [-0.25, -0.2) is 0 Å². The van der Waals surface area contributed by atoms with E-state index in [1.165, 1.54) is 13.8 Å². The second-order valence-electron chi connectivity index (χ2n) is 3.93. The van der Waals surface area contributed by atoms with Gasteiger partial charge >= 0.3 is 6.21 Å². The summed E-state index contributed by atoms with van der Waals surface area (Å²) in [5, 5.41) is 0. The highest BCUT2D eigenvalue weighted by Crippen LogP contribution is 2.22. The van der Waals surface area contributed by atoms with Gasteiger partial charge in [0.15, 0.2) is 5.78 Å². The highest BCUT2D eigenvalue weighted by atomic mass is 16.2. The molecule has 0 fully saturated rings. The smallest absolute Gasteiger partial charge is 0.324 e. The number of hydrogen-bond acceptors (Lipinski definition) is 2. The lowest BCUT2D eigenvalue weighted by Gasteiger charge is -2.17. The molecule has 0 radical (unpaired) electrons. The molecule has 0 heterocycles. The molecule has 82 valence electrons. The molecule has 0 amide bonds. The van der Waals surface area contributed by atoms with Crippen molar-refractivity contribution in [3.63, 3.8) is 0 Å². The first-order valence-electron chi connectivity index (χ1n) is 4.82. The molecule has 4 nitrogen and oxygen atoms in total. The van der Waals surface area contributed by atoms with Gasteiger partial charge in [0, 0.05) is 5.56 Å². The molecule has 0 aliphatic carbocycles. The van der Waals surface area contributed by atoms with Gasteiger partial charge in [-0.15, -0.1) is 0 Å². The minimum atomic E-state index is -1.21. The molecule has 1 aromatic rings. The van der Waals surface area contributed by atoms with Gasteiger partial charge in [-0.05, 0) is 13.8 Å². The molecular weight excluding hydrogens is 204 g/mol. The average Bonchev–Trinajstić information content (AvgIpc) is 2.29. The Bertz CT molecular complexity index is 457. The van der Waals surface area contributed by atoms with E-state index in [0.29, 0.717) is 5.56 Å². The molecule has 0 atom stereocenters. The van der Waals surface area contributed by atoms with Crippen LogP contribution in [-0.2, 0) is 4.79 Å². The van der Waals surface area contributed by atoms with Crippen LogP contribution in [0.4, 0.5) is 0 Å². The number of hydrogen-bond donors (Lipinski definition) is 0. The second kappa shape index (κ2) is 4.64. The summed E-state index contributed by atoms with van der Waals surface area (Å²) in [6, 6.07) is 8.55. The molecule has 0 spiro atoms. The number of nitrogens with zero attached hydrogens (tertiary/aromatic N) is 2. The second-order valence-corrected chi connectivity index (χ2v) is 3.93. The summed E-state index contributed by atoms with van der Waals surface area (Å²) in [7, 11) is 0. The number of carbonyl (C=O) groups is 2. The molecule has 16 heavy (non-hydrogen) atoms. The van der Waals surface area contributed by atoms with Crippen LogP contribution in [0.3, 0.4) is 0 Å². The van der Waals surface area contributed by atoms with Gasteiger partial charge in [-0.1, -0.05) is 30.3 Å². The number of benzene rings is 1. The highest BCUT2D eigenvalue weighted by molar-refractivity contribution is 6.35. The van der Waals surface area contributed by atoms with Crippen molar-refractivity contribution in [2.45, 2.75) is 13.8 Å². The van der Waals surface area contributed by atoms with Gasteiger partial charge < -0.3 is 5.53 Å². The molecule has 0 aliphatic rings. The van der Waals surface area contributed by atoms with Crippen LogP contribution in [0.1, 0.15) is 24.2 Å². The van der Waals surface area contributed by atoms with E-state index >= 15 is 0 Å². The summed E-state index contributed by atoms with van der Waals surface area (Å²) < 4.78 is 0. The van der Waals surface area contributed by atoms with Crippen molar-refractivity contribution < 1.29 is 14.4 Å². The Hall–Kier alpha value is -2.06. The van der Waals surface area contributed by atoms with Crippen LogP contribution in [0.25, 0.3) is 5.53 Å². The van der Waals surface area contributed by atoms with Crippen molar-refractivity contribution in [2.24, 2.45) is 5.41 Å². The predicted molar refractivity (Wildman–Crippen MR) is 59.2 cm³/mol. The Morgan fingerprint density at radius 1 is 1.25 bits per heavy atom. The Morgan fingerprint density at radius 2 is 1.81 bits per heavy atom. The summed E-state index contributed by atoms with van der Waals surface area (Å²) in [4.78, 5) is 26.2. The quantitative estimate of drug-likeness (QED) is 0.253. The third kappa shape index (κ3) is 2.30. The zero-order valence-electron chi connectivity index (χ0n) is 9.18. The molecule has 0 aliphatic heterocycles. The maximum absolute atomic E-state index is 12.0. The van der Waals surface area contributed by atoms with E-state index in [9.17, 15) is 9.59 Å². The van der Waals surface area contributed by atoms with Gasteiger partial charge in [0.25, 0.3) is 0 Å². The van der Waals surface area contributed by atoms with Crippen LogP contribution in [0.2, 0.25) is 0 Å². The van der Waals surface area contributed by atoms with Gasteiger partial charge in [-0.3, -0.25) is 9.59 Å². The van der Waals surface area contributed by atoms with E-state index in [1.807, 2.05) is 0 Å². The molecule has 0 bridgehead atoms. The van der Waals surface area contributed by atoms with Crippen LogP contribution in [0, 0.1) is 5.41 Å². The molecule has 1 rings (SSSR count). The number of ketones is 2. The average molecular weight is 216 g/mol. The summed E-state index contributed by atoms with van der Waals surface area (Å²) in [5.74, 6) is -0.818. The number of rotatable bonds is 4. The summed E-state index contributed by atoms with van der Waals surface area (Å²) in [6.07, 6.45) is 0.751. The molecule has 0 saturated carbocycles. The standard InChI is InChI=1S/C12H12N2O2/c1-12(2,10(15)8-14-13)11(16)9-6-4-3-5-7-9/h3-8H,1-2H3. The Morgan fingerprint density at radius 3 is 2.31 bits per heavy atom. The third-order valence-corrected chi connectivity index (χ3v) is 2.39. The fraction of sp³-hybridized carbons (Fsp3) is 0.250. The van der Waals surface area contributed by atoms with Crippen molar-refractivity contribution in [3.05, 3.63) is 41.4 Å². The Kier molecular flexibility index (Phi) is 3.48. The minimum Gasteiger partial charge on any atom is -0.361 e. The van der Waals surface area contributed by atoms with E-state index in [1.54, 1.807) is 30.3 Å². The topological polar surface area (TPSA) is 70.5 Å². The van der Waals surface area contributed by atoms with Crippen LogP contribution >= 0.6 is 0 Å². The molecule has 0 N–H and O–H groups in total. The summed E-state index contributed by atoms with van der Waals surface area (Å²) in [6.45, 7) is 3.01. The van der Waals surface area contributed by atoms with E-state index < -0.39 is 11.2 Å². The molecule has 0 saturated heterocycles. The highest BCUT2D eigenvalue weighted by Gasteiger charge is 2.37. The first-order chi connectivity index (χ1) is 7.50. The van der Waals surface area contributed by atoms with Crippen LogP contribution in [0.15, 0.2) is 30.3 Å². The molecule has 0 aromatic heterocycles. The maximum Gasteiger partial charge on any atom is 0.324 e. The number of carbonyl (C=O) groups excluding carboxylic acids is 2. The monoisotopic (exact) mass is 216 g/mol. The van der Waals surface area contributed by atoms with Crippen molar-refractivity contribution in [3.8, 4) is 0 Å². The van der Waals surface area contributed by atoms with Gasteiger partial charge in [0.2, 0.25) is 5.78 Å². The first-order valence-corrected chi connectivity index (χ1v) is 4.82. The SMILES string of the molecule is CC(C)(C(=O)C=[N+]=[N-])C(=O)c1ccccc1. The first kappa shape index (κ1) is 12.0. The molecule has 4 heteroatoms. The molecular formula is C12H12N2O2. The lowest BCUT2D eigenvalue weighted by molar-refractivity contribution is -0.121. The van der Waals surface area contributed by atoms with E-state index in [-0.39, 0.29) is 5.78 Å². The molecule has 0 unspecified atom stereocenters. The zero-order chi connectivity index (χ0) is 12.2. The normalized spacial score (nSPS) is 10.4. The maximum atomic E-state index is 12.0. The van der Waals surface area contributed by atoms with Crippen LogP contribution in [0.5, 0.6) is 0 Å². The Balaban J connectivity index is 3.06. The lowest BCUT2D eigenvalue weighted by atomic mass is 9.81. The van der Waals surface area contributed by atoms with Gasteiger partial charge in [0.05, 0.1) is 5.41 Å². The van der Waals surface area contributed by atoms with Crippen LogP contribution < -0.4 is 0 Å². The zero-order valence-corrected chi connectivity index (χ0v) is 9.18. The largest absolute Gasteiger partial charge is 0.361 e.